The zero-order chi connectivity index (χ0) is 16.4. The highest BCUT2D eigenvalue weighted by atomic mass is 16.5. The fraction of sp³-hybridized carbons (Fsp3) is 0.438. The smallest absolute Gasteiger partial charge is 0.321 e. The van der Waals surface area contributed by atoms with Gasteiger partial charge in [-0.15, -0.1) is 0 Å². The van der Waals surface area contributed by atoms with Crippen LogP contribution in [0.15, 0.2) is 30.3 Å². The molecule has 3 amide bonds. The van der Waals surface area contributed by atoms with Gasteiger partial charge in [-0.25, -0.2) is 4.79 Å². The molecule has 22 heavy (non-hydrogen) atoms. The van der Waals surface area contributed by atoms with Gasteiger partial charge in [-0.05, 0) is 18.4 Å². The molecule has 0 spiro atoms. The van der Waals surface area contributed by atoms with E-state index < -0.39 is 30.4 Å². The zero-order valence-corrected chi connectivity index (χ0v) is 12.9. The number of urea groups is 1. The van der Waals surface area contributed by atoms with Crippen molar-refractivity contribution in [1.29, 1.82) is 0 Å². The lowest BCUT2D eigenvalue weighted by Gasteiger charge is -2.14. The number of hydrogen-bond donors (Lipinski definition) is 2. The van der Waals surface area contributed by atoms with Crippen LogP contribution in [-0.2, 0) is 14.3 Å². The number of nitrogens with one attached hydrogen (secondary N) is 2. The normalized spacial score (nSPS) is 11.4. The number of ether oxygens (including phenoxy) is 1. The summed E-state index contributed by atoms with van der Waals surface area (Å²) in [5.74, 6) is -1.54. The Kier molecular flexibility index (Phi) is 7.67. The van der Waals surface area contributed by atoms with Crippen molar-refractivity contribution in [1.82, 2.24) is 10.6 Å². The monoisotopic (exact) mass is 306 g/mol. The minimum Gasteiger partial charge on any atom is -0.455 e. The molecule has 0 bridgehead atoms. The first-order chi connectivity index (χ1) is 10.6. The zero-order valence-electron chi connectivity index (χ0n) is 12.9. The predicted molar refractivity (Wildman–Crippen MR) is 82.3 cm³/mol. The van der Waals surface area contributed by atoms with E-state index in [1.807, 2.05) is 44.2 Å². The average molecular weight is 306 g/mol. The summed E-state index contributed by atoms with van der Waals surface area (Å²) in [5, 5.41) is 4.60. The molecule has 0 heterocycles. The van der Waals surface area contributed by atoms with Gasteiger partial charge in [-0.2, -0.15) is 0 Å². The van der Waals surface area contributed by atoms with Crippen LogP contribution in [0.25, 0.3) is 0 Å². The summed E-state index contributed by atoms with van der Waals surface area (Å²) >= 11 is 0. The number of imide groups is 1. The van der Waals surface area contributed by atoms with E-state index in [0.29, 0.717) is 13.0 Å². The van der Waals surface area contributed by atoms with E-state index in [1.165, 1.54) is 0 Å². The van der Waals surface area contributed by atoms with Crippen LogP contribution in [0.1, 0.15) is 38.2 Å². The Balaban J connectivity index is 2.44. The lowest BCUT2D eigenvalue weighted by Crippen LogP contribution is -2.41. The Morgan fingerprint density at radius 1 is 1.14 bits per heavy atom. The first-order valence-corrected chi connectivity index (χ1v) is 7.37. The molecule has 0 fully saturated rings. The molecule has 0 unspecified atom stereocenters. The van der Waals surface area contributed by atoms with E-state index in [0.717, 1.165) is 12.0 Å². The summed E-state index contributed by atoms with van der Waals surface area (Å²) in [5.41, 5.74) is 0.844. The number of benzene rings is 1. The first kappa shape index (κ1) is 17.7. The molecule has 1 atom stereocenters. The van der Waals surface area contributed by atoms with E-state index in [9.17, 15) is 14.4 Å². The van der Waals surface area contributed by atoms with Crippen LogP contribution in [0.3, 0.4) is 0 Å². The summed E-state index contributed by atoms with van der Waals surface area (Å²) in [6.07, 6.45) is 1.34. The maximum atomic E-state index is 12.0. The molecular formula is C16H22N2O4. The van der Waals surface area contributed by atoms with Crippen LogP contribution in [-0.4, -0.2) is 31.1 Å². The molecule has 6 nitrogen and oxygen atoms in total. The second kappa shape index (κ2) is 9.55. The maximum Gasteiger partial charge on any atom is 0.321 e. The topological polar surface area (TPSA) is 84.5 Å². The average Bonchev–Trinajstić information content (AvgIpc) is 2.52. The molecular weight excluding hydrogens is 284 g/mol. The molecule has 1 aromatic rings. The van der Waals surface area contributed by atoms with Crippen LogP contribution in [0.4, 0.5) is 4.79 Å². The number of rotatable bonds is 7. The van der Waals surface area contributed by atoms with Crippen molar-refractivity contribution in [2.45, 2.75) is 32.6 Å². The van der Waals surface area contributed by atoms with Gasteiger partial charge in [0.1, 0.15) is 0 Å². The summed E-state index contributed by atoms with van der Waals surface area (Å²) in [6.45, 7) is 3.78. The van der Waals surface area contributed by atoms with Crippen LogP contribution >= 0.6 is 0 Å². The van der Waals surface area contributed by atoms with Gasteiger partial charge in [-0.3, -0.25) is 14.9 Å². The van der Waals surface area contributed by atoms with Crippen molar-refractivity contribution in [3.8, 4) is 0 Å². The van der Waals surface area contributed by atoms with Gasteiger partial charge in [0.05, 0.1) is 5.92 Å². The highest BCUT2D eigenvalue weighted by Gasteiger charge is 2.21. The molecule has 0 aliphatic carbocycles. The number of hydrogen-bond acceptors (Lipinski definition) is 4. The van der Waals surface area contributed by atoms with Gasteiger partial charge in [0.15, 0.2) is 6.61 Å². The fourth-order valence-electron chi connectivity index (χ4n) is 1.91. The minimum absolute atomic E-state index is 0.414. The molecule has 1 aromatic carbocycles. The van der Waals surface area contributed by atoms with Crippen molar-refractivity contribution in [3.63, 3.8) is 0 Å². The maximum absolute atomic E-state index is 12.0. The highest BCUT2D eigenvalue weighted by molar-refractivity contribution is 5.95. The molecule has 0 aromatic heterocycles. The van der Waals surface area contributed by atoms with E-state index >= 15 is 0 Å². The van der Waals surface area contributed by atoms with E-state index in [-0.39, 0.29) is 0 Å². The molecule has 0 aliphatic rings. The number of amides is 3. The Morgan fingerprint density at radius 2 is 1.82 bits per heavy atom. The molecule has 120 valence electrons. The van der Waals surface area contributed by atoms with E-state index in [4.69, 9.17) is 4.74 Å². The second-order valence-corrected chi connectivity index (χ2v) is 4.78. The number of carbonyl (C=O) groups excluding carboxylic acids is 3. The van der Waals surface area contributed by atoms with Crippen LogP contribution < -0.4 is 10.6 Å². The van der Waals surface area contributed by atoms with Crippen molar-refractivity contribution in [3.05, 3.63) is 35.9 Å². The van der Waals surface area contributed by atoms with Crippen LogP contribution in [0.2, 0.25) is 0 Å². The third-order valence-electron chi connectivity index (χ3n) is 3.03. The summed E-state index contributed by atoms with van der Waals surface area (Å²) < 4.78 is 4.99. The van der Waals surface area contributed by atoms with Crippen molar-refractivity contribution in [2.24, 2.45) is 0 Å². The minimum atomic E-state index is -0.648. The third kappa shape index (κ3) is 5.95. The van der Waals surface area contributed by atoms with Crippen molar-refractivity contribution in [2.75, 3.05) is 13.2 Å². The van der Waals surface area contributed by atoms with Gasteiger partial charge in [-0.1, -0.05) is 44.2 Å². The SMILES string of the molecule is CCCNC(=O)NC(=O)COC(=O)[C@H](CC)c1ccccc1. The van der Waals surface area contributed by atoms with E-state index in [2.05, 4.69) is 10.6 Å². The van der Waals surface area contributed by atoms with Gasteiger partial charge in [0.25, 0.3) is 5.91 Å². The predicted octanol–water partition coefficient (Wildman–Crippen LogP) is 1.96. The fourth-order valence-corrected chi connectivity index (χ4v) is 1.91. The Bertz CT molecular complexity index is 502. The molecule has 0 saturated carbocycles. The molecule has 0 radical (unpaired) electrons. The molecule has 1 rings (SSSR count). The van der Waals surface area contributed by atoms with Crippen molar-refractivity contribution < 1.29 is 19.1 Å². The summed E-state index contributed by atoms with van der Waals surface area (Å²) in [7, 11) is 0. The molecule has 0 aliphatic heterocycles. The lowest BCUT2D eigenvalue weighted by atomic mass is 9.97. The summed E-state index contributed by atoms with van der Waals surface area (Å²) in [6, 6.07) is 8.65. The first-order valence-electron chi connectivity index (χ1n) is 7.37. The van der Waals surface area contributed by atoms with Crippen LogP contribution in [0.5, 0.6) is 0 Å². The van der Waals surface area contributed by atoms with E-state index in [1.54, 1.807) is 0 Å². The lowest BCUT2D eigenvalue weighted by molar-refractivity contribution is -0.149. The standard InChI is InChI=1S/C16H22N2O4/c1-3-10-17-16(21)18-14(19)11-22-15(20)13(4-2)12-8-6-5-7-9-12/h5-9,13H,3-4,10-11H2,1-2H3,(H2,17,18,19,21)/t13-/m1/s1. The van der Waals surface area contributed by atoms with Gasteiger partial charge in [0, 0.05) is 6.54 Å². The quantitative estimate of drug-likeness (QED) is 0.754. The second-order valence-electron chi connectivity index (χ2n) is 4.78. The Labute approximate surface area is 130 Å². The molecule has 0 saturated heterocycles. The largest absolute Gasteiger partial charge is 0.455 e. The number of esters is 1. The molecule has 2 N–H and O–H groups in total. The summed E-state index contributed by atoms with van der Waals surface area (Å²) in [4.78, 5) is 34.8. The van der Waals surface area contributed by atoms with Crippen molar-refractivity contribution >= 4 is 17.9 Å². The van der Waals surface area contributed by atoms with Gasteiger partial charge < -0.3 is 10.1 Å². The van der Waals surface area contributed by atoms with Gasteiger partial charge in [0.2, 0.25) is 0 Å². The Morgan fingerprint density at radius 3 is 2.41 bits per heavy atom. The van der Waals surface area contributed by atoms with Crippen LogP contribution in [0, 0.1) is 0 Å². The molecule has 6 heteroatoms. The third-order valence-corrected chi connectivity index (χ3v) is 3.03. The highest BCUT2D eigenvalue weighted by Crippen LogP contribution is 2.20. The van der Waals surface area contributed by atoms with Gasteiger partial charge >= 0.3 is 12.0 Å². The Hall–Kier alpha value is -2.37. The number of carbonyl (C=O) groups is 3.